The van der Waals surface area contributed by atoms with Gasteiger partial charge in [0.15, 0.2) is 0 Å². The topological polar surface area (TPSA) is 93.2 Å². The molecule has 0 spiro atoms. The van der Waals surface area contributed by atoms with Crippen molar-refractivity contribution in [1.82, 2.24) is 14.9 Å². The molecule has 0 amide bonds. The van der Waals surface area contributed by atoms with Crippen LogP contribution in [0.15, 0.2) is 60.8 Å². The highest BCUT2D eigenvalue weighted by Gasteiger charge is 2.19. The maximum absolute atomic E-state index is 11.8. The molecular weight excluding hydrogens is 388 g/mol. The maximum atomic E-state index is 11.8. The summed E-state index contributed by atoms with van der Waals surface area (Å²) in [7, 11) is 0. The molecular formula is C25H32N4O2. The van der Waals surface area contributed by atoms with E-state index in [1.54, 1.807) is 0 Å². The molecule has 0 bridgehead atoms. The van der Waals surface area contributed by atoms with Crippen LogP contribution in [-0.4, -0.2) is 26.7 Å². The van der Waals surface area contributed by atoms with Crippen molar-refractivity contribution >= 4 is 5.97 Å². The number of aliphatic carboxylic acids is 1. The van der Waals surface area contributed by atoms with E-state index in [1.807, 2.05) is 48.7 Å². The summed E-state index contributed by atoms with van der Waals surface area (Å²) < 4.78 is 2.21. The van der Waals surface area contributed by atoms with Crippen molar-refractivity contribution in [1.29, 1.82) is 0 Å². The molecule has 6 heteroatoms. The number of imidazole rings is 1. The van der Waals surface area contributed by atoms with Gasteiger partial charge in [0.1, 0.15) is 11.9 Å². The van der Waals surface area contributed by atoms with Crippen molar-refractivity contribution in [2.45, 2.75) is 58.3 Å². The minimum Gasteiger partial charge on any atom is -0.480 e. The number of aromatic nitrogens is 2. The van der Waals surface area contributed by atoms with Gasteiger partial charge in [0.25, 0.3) is 0 Å². The maximum Gasteiger partial charge on any atom is 0.321 e. The van der Waals surface area contributed by atoms with Gasteiger partial charge in [-0.15, -0.1) is 0 Å². The normalized spacial score (nSPS) is 12.1. The number of benzene rings is 2. The minimum absolute atomic E-state index is 0.434. The Morgan fingerprint density at radius 2 is 1.84 bits per heavy atom. The average molecular weight is 421 g/mol. The molecule has 6 nitrogen and oxygen atoms in total. The van der Waals surface area contributed by atoms with E-state index in [0.717, 1.165) is 41.9 Å². The Balaban J connectivity index is 1.79. The number of rotatable bonds is 12. The van der Waals surface area contributed by atoms with E-state index in [0.29, 0.717) is 26.1 Å². The van der Waals surface area contributed by atoms with Crippen LogP contribution in [0.5, 0.6) is 0 Å². The van der Waals surface area contributed by atoms with E-state index in [2.05, 4.69) is 33.9 Å². The van der Waals surface area contributed by atoms with Gasteiger partial charge in [-0.2, -0.15) is 0 Å². The van der Waals surface area contributed by atoms with Gasteiger partial charge >= 0.3 is 5.97 Å². The molecule has 0 fully saturated rings. The van der Waals surface area contributed by atoms with E-state index < -0.39 is 12.0 Å². The zero-order valence-electron chi connectivity index (χ0n) is 18.1. The Morgan fingerprint density at radius 1 is 1.13 bits per heavy atom. The SMILES string of the molecule is CCCCc1ncc(CNC(Cc2ccccc2)C(=O)O)n1Cc1ccccc1CN. The third-order valence-corrected chi connectivity index (χ3v) is 5.55. The summed E-state index contributed by atoms with van der Waals surface area (Å²) in [6.07, 6.45) is 5.35. The lowest BCUT2D eigenvalue weighted by Crippen LogP contribution is -2.38. The van der Waals surface area contributed by atoms with Crippen LogP contribution in [0.4, 0.5) is 0 Å². The second-order valence-electron chi connectivity index (χ2n) is 7.79. The van der Waals surface area contributed by atoms with Gasteiger partial charge in [0, 0.05) is 32.3 Å². The van der Waals surface area contributed by atoms with Crippen molar-refractivity contribution in [3.63, 3.8) is 0 Å². The highest BCUT2D eigenvalue weighted by molar-refractivity contribution is 5.73. The fourth-order valence-corrected chi connectivity index (χ4v) is 3.73. The third-order valence-electron chi connectivity index (χ3n) is 5.55. The fourth-order valence-electron chi connectivity index (χ4n) is 3.73. The van der Waals surface area contributed by atoms with E-state index in [9.17, 15) is 9.90 Å². The largest absolute Gasteiger partial charge is 0.480 e. The number of nitrogens with one attached hydrogen (secondary N) is 1. The number of aryl methyl sites for hydroxylation is 1. The molecule has 0 aliphatic rings. The van der Waals surface area contributed by atoms with Gasteiger partial charge in [-0.3, -0.25) is 10.1 Å². The molecule has 0 radical (unpaired) electrons. The second kappa shape index (κ2) is 11.4. The molecule has 1 heterocycles. The van der Waals surface area contributed by atoms with Crippen LogP contribution >= 0.6 is 0 Å². The van der Waals surface area contributed by atoms with Crippen LogP contribution in [-0.2, 0) is 37.3 Å². The molecule has 1 aromatic heterocycles. The minimum atomic E-state index is -0.852. The quantitative estimate of drug-likeness (QED) is 0.417. The van der Waals surface area contributed by atoms with Crippen molar-refractivity contribution in [2.24, 2.45) is 5.73 Å². The Labute approximate surface area is 184 Å². The predicted octanol–water partition coefficient (Wildman–Crippen LogP) is 3.52. The lowest BCUT2D eigenvalue weighted by molar-refractivity contribution is -0.139. The Hall–Kier alpha value is -2.96. The Morgan fingerprint density at radius 3 is 2.52 bits per heavy atom. The van der Waals surface area contributed by atoms with E-state index in [4.69, 9.17) is 5.73 Å². The zero-order valence-corrected chi connectivity index (χ0v) is 18.1. The highest BCUT2D eigenvalue weighted by atomic mass is 16.4. The molecule has 0 saturated carbocycles. The summed E-state index contributed by atoms with van der Waals surface area (Å²) in [5.41, 5.74) is 10.2. The number of hydrogen-bond acceptors (Lipinski definition) is 4. The number of nitrogens with two attached hydrogens (primary N) is 1. The second-order valence-corrected chi connectivity index (χ2v) is 7.79. The van der Waals surface area contributed by atoms with Gasteiger partial charge in [-0.1, -0.05) is 67.9 Å². The van der Waals surface area contributed by atoms with Crippen LogP contribution in [0.25, 0.3) is 0 Å². The molecule has 0 saturated heterocycles. The van der Waals surface area contributed by atoms with Crippen molar-refractivity contribution in [3.8, 4) is 0 Å². The van der Waals surface area contributed by atoms with E-state index in [1.165, 1.54) is 5.56 Å². The number of carboxylic acid groups (broad SMARTS) is 1. The van der Waals surface area contributed by atoms with Gasteiger partial charge in [0.2, 0.25) is 0 Å². The monoisotopic (exact) mass is 420 g/mol. The first-order valence-corrected chi connectivity index (χ1v) is 10.9. The first-order valence-electron chi connectivity index (χ1n) is 10.9. The summed E-state index contributed by atoms with van der Waals surface area (Å²) in [5.74, 6) is 0.176. The lowest BCUT2D eigenvalue weighted by Gasteiger charge is -2.18. The van der Waals surface area contributed by atoms with Crippen molar-refractivity contribution in [3.05, 3.63) is 89.0 Å². The molecule has 31 heavy (non-hydrogen) atoms. The van der Waals surface area contributed by atoms with Crippen molar-refractivity contribution in [2.75, 3.05) is 0 Å². The first kappa shape index (κ1) is 22.7. The molecule has 1 unspecified atom stereocenters. The number of nitrogens with zero attached hydrogens (tertiary/aromatic N) is 2. The van der Waals surface area contributed by atoms with Gasteiger partial charge in [-0.05, 0) is 29.5 Å². The molecule has 3 aromatic rings. The standard InChI is InChI=1S/C25H32N4O2/c1-2-3-13-24-28-17-22(29(24)18-21-12-8-7-11-20(21)15-26)16-27-23(25(30)31)14-19-9-5-4-6-10-19/h4-12,17,23,27H,2-3,13-16,18,26H2,1H3,(H,30,31). The molecule has 4 N–H and O–H groups in total. The van der Waals surface area contributed by atoms with Crippen molar-refractivity contribution < 1.29 is 9.90 Å². The third kappa shape index (κ3) is 6.26. The summed E-state index contributed by atoms with van der Waals surface area (Å²) in [4.78, 5) is 16.5. The summed E-state index contributed by atoms with van der Waals surface area (Å²) >= 11 is 0. The Bertz CT molecular complexity index is 969. The van der Waals surface area contributed by atoms with Gasteiger partial charge in [0.05, 0.1) is 5.69 Å². The fraction of sp³-hybridized carbons (Fsp3) is 0.360. The number of hydrogen-bond donors (Lipinski definition) is 3. The molecule has 0 aliphatic carbocycles. The molecule has 2 aromatic carbocycles. The number of unbranched alkanes of at least 4 members (excludes halogenated alkanes) is 1. The Kier molecular flexibility index (Phi) is 8.38. The zero-order chi connectivity index (χ0) is 22.1. The average Bonchev–Trinajstić information content (AvgIpc) is 3.17. The first-order chi connectivity index (χ1) is 15.1. The predicted molar refractivity (Wildman–Crippen MR) is 123 cm³/mol. The van der Waals surface area contributed by atoms with Crippen LogP contribution in [0.2, 0.25) is 0 Å². The summed E-state index contributed by atoms with van der Waals surface area (Å²) in [6.45, 7) is 3.77. The van der Waals surface area contributed by atoms with Crippen LogP contribution in [0, 0.1) is 0 Å². The summed E-state index contributed by atoms with van der Waals surface area (Å²) in [6, 6.07) is 17.2. The van der Waals surface area contributed by atoms with E-state index in [-0.39, 0.29) is 0 Å². The van der Waals surface area contributed by atoms with E-state index >= 15 is 0 Å². The van der Waals surface area contributed by atoms with Gasteiger partial charge in [-0.25, -0.2) is 4.98 Å². The molecule has 3 rings (SSSR count). The van der Waals surface area contributed by atoms with Crippen LogP contribution in [0.3, 0.4) is 0 Å². The smallest absolute Gasteiger partial charge is 0.321 e. The molecule has 164 valence electrons. The highest BCUT2D eigenvalue weighted by Crippen LogP contribution is 2.16. The summed E-state index contributed by atoms with van der Waals surface area (Å²) in [5, 5.41) is 12.9. The van der Waals surface area contributed by atoms with Crippen LogP contribution < -0.4 is 11.1 Å². The van der Waals surface area contributed by atoms with Gasteiger partial charge < -0.3 is 15.4 Å². The van der Waals surface area contributed by atoms with Crippen LogP contribution in [0.1, 0.15) is 48.0 Å². The number of carbonyl (C=O) groups is 1. The lowest BCUT2D eigenvalue weighted by atomic mass is 10.1. The number of carboxylic acids is 1. The molecule has 0 aliphatic heterocycles. The molecule has 1 atom stereocenters.